The molecule has 1 fully saturated rings. The van der Waals surface area contributed by atoms with Crippen LogP contribution >= 0.6 is 0 Å². The molecule has 19 heavy (non-hydrogen) atoms. The van der Waals surface area contributed by atoms with Gasteiger partial charge in [-0.25, -0.2) is 12.7 Å². The van der Waals surface area contributed by atoms with Gasteiger partial charge < -0.3 is 9.84 Å². The first-order valence-electron chi connectivity index (χ1n) is 5.93. The van der Waals surface area contributed by atoms with Gasteiger partial charge in [0.15, 0.2) is 0 Å². The Balaban J connectivity index is 2.59. The van der Waals surface area contributed by atoms with Crippen LogP contribution in [0.15, 0.2) is 0 Å². The molecule has 1 aliphatic carbocycles. The highest BCUT2D eigenvalue weighted by Gasteiger charge is 2.48. The fraction of sp³-hybridized carbons (Fsp3) is 0.818. The van der Waals surface area contributed by atoms with Gasteiger partial charge in [0.25, 0.3) is 0 Å². The molecule has 1 N–H and O–H groups in total. The second kappa shape index (κ2) is 5.87. The normalized spacial score (nSPS) is 17.2. The van der Waals surface area contributed by atoms with Crippen LogP contribution in [-0.4, -0.2) is 56.2 Å². The Bertz CT molecular complexity index is 454. The number of rotatable bonds is 8. The number of carbonyl (C=O) groups is 2. The van der Waals surface area contributed by atoms with Crippen LogP contribution in [0.2, 0.25) is 0 Å². The first-order valence-corrected chi connectivity index (χ1v) is 7.54. The first-order chi connectivity index (χ1) is 8.71. The van der Waals surface area contributed by atoms with Crippen molar-refractivity contribution in [3.63, 3.8) is 0 Å². The van der Waals surface area contributed by atoms with Crippen LogP contribution in [0.25, 0.3) is 0 Å². The monoisotopic (exact) mass is 293 g/mol. The summed E-state index contributed by atoms with van der Waals surface area (Å²) in [5.74, 6) is -1.59. The lowest BCUT2D eigenvalue weighted by Gasteiger charge is -2.20. The standard InChI is InChI=1S/C11H19NO6S/c1-12(6-3-9(13)14)19(16,17)8-11(4-5-11)7-10(15)18-2/h3-8H2,1-2H3,(H,13,14). The van der Waals surface area contributed by atoms with E-state index in [1.807, 2.05) is 0 Å². The van der Waals surface area contributed by atoms with Crippen molar-refractivity contribution in [2.24, 2.45) is 5.41 Å². The van der Waals surface area contributed by atoms with Crippen LogP contribution in [0.4, 0.5) is 0 Å². The Morgan fingerprint density at radius 1 is 1.37 bits per heavy atom. The molecule has 0 amide bonds. The summed E-state index contributed by atoms with van der Waals surface area (Å²) in [4.78, 5) is 21.7. The molecule has 1 aliphatic rings. The van der Waals surface area contributed by atoms with E-state index < -0.39 is 27.4 Å². The number of hydrogen-bond acceptors (Lipinski definition) is 5. The lowest BCUT2D eigenvalue weighted by Crippen LogP contribution is -2.35. The molecule has 0 saturated heterocycles. The largest absolute Gasteiger partial charge is 0.481 e. The second-order valence-electron chi connectivity index (χ2n) is 4.97. The molecule has 0 spiro atoms. The van der Waals surface area contributed by atoms with E-state index in [-0.39, 0.29) is 25.1 Å². The van der Waals surface area contributed by atoms with Gasteiger partial charge in [0.2, 0.25) is 10.0 Å². The van der Waals surface area contributed by atoms with Gasteiger partial charge in [-0.05, 0) is 18.3 Å². The predicted molar refractivity (Wildman–Crippen MR) is 67.0 cm³/mol. The Morgan fingerprint density at radius 3 is 2.37 bits per heavy atom. The van der Waals surface area contributed by atoms with E-state index in [9.17, 15) is 18.0 Å². The van der Waals surface area contributed by atoms with E-state index in [0.29, 0.717) is 12.8 Å². The molecule has 1 rings (SSSR count). The summed E-state index contributed by atoms with van der Waals surface area (Å²) in [6.07, 6.45) is 1.21. The van der Waals surface area contributed by atoms with Crippen molar-refractivity contribution in [1.82, 2.24) is 4.31 Å². The average molecular weight is 293 g/mol. The molecule has 1 saturated carbocycles. The number of carbonyl (C=O) groups excluding carboxylic acids is 1. The van der Waals surface area contributed by atoms with E-state index in [2.05, 4.69) is 4.74 Å². The highest BCUT2D eigenvalue weighted by molar-refractivity contribution is 7.89. The predicted octanol–water partition coefficient (Wildman–Crippen LogP) is 0.0660. The van der Waals surface area contributed by atoms with Gasteiger partial charge in [0.1, 0.15) is 0 Å². The van der Waals surface area contributed by atoms with Crippen molar-refractivity contribution in [2.75, 3.05) is 26.5 Å². The van der Waals surface area contributed by atoms with Crippen molar-refractivity contribution in [1.29, 1.82) is 0 Å². The molecule has 110 valence electrons. The van der Waals surface area contributed by atoms with Crippen LogP contribution in [0.5, 0.6) is 0 Å². The Labute approximate surface area is 112 Å². The Hall–Kier alpha value is -1.15. The summed E-state index contributed by atoms with van der Waals surface area (Å²) < 4.78 is 29.7. The fourth-order valence-electron chi connectivity index (χ4n) is 1.82. The van der Waals surface area contributed by atoms with Gasteiger partial charge in [0, 0.05) is 13.6 Å². The molecule has 0 unspecified atom stereocenters. The number of sulfonamides is 1. The smallest absolute Gasteiger partial charge is 0.306 e. The summed E-state index contributed by atoms with van der Waals surface area (Å²) in [5.41, 5.74) is -0.524. The zero-order chi connectivity index (χ0) is 14.7. The van der Waals surface area contributed by atoms with Crippen LogP contribution in [-0.2, 0) is 24.3 Å². The molecule has 0 aromatic heterocycles. The lowest BCUT2D eigenvalue weighted by molar-refractivity contribution is -0.142. The number of nitrogens with zero attached hydrogens (tertiary/aromatic N) is 1. The quantitative estimate of drug-likeness (QED) is 0.635. The summed E-state index contributed by atoms with van der Waals surface area (Å²) in [6.45, 7) is -0.0635. The van der Waals surface area contributed by atoms with Crippen molar-refractivity contribution < 1.29 is 27.9 Å². The average Bonchev–Trinajstić information content (AvgIpc) is 3.04. The zero-order valence-electron chi connectivity index (χ0n) is 11.1. The van der Waals surface area contributed by atoms with E-state index in [1.54, 1.807) is 0 Å². The van der Waals surface area contributed by atoms with E-state index in [1.165, 1.54) is 14.2 Å². The first kappa shape index (κ1) is 15.9. The van der Waals surface area contributed by atoms with Crippen molar-refractivity contribution in [3.05, 3.63) is 0 Å². The number of esters is 1. The minimum Gasteiger partial charge on any atom is -0.481 e. The Kier molecular flexibility index (Phi) is 4.92. The summed E-state index contributed by atoms with van der Waals surface area (Å²) in [6, 6.07) is 0. The van der Waals surface area contributed by atoms with Crippen molar-refractivity contribution in [3.8, 4) is 0 Å². The Morgan fingerprint density at radius 2 is 1.95 bits per heavy atom. The molecular formula is C11H19NO6S. The van der Waals surface area contributed by atoms with Crippen LogP contribution in [0.3, 0.4) is 0 Å². The maximum atomic E-state index is 12.0. The van der Waals surface area contributed by atoms with Crippen LogP contribution < -0.4 is 0 Å². The lowest BCUT2D eigenvalue weighted by atomic mass is 10.1. The van der Waals surface area contributed by atoms with Crippen LogP contribution in [0, 0.1) is 5.41 Å². The highest BCUT2D eigenvalue weighted by Crippen LogP contribution is 2.50. The fourth-order valence-corrected chi connectivity index (χ4v) is 3.57. The molecule has 8 heteroatoms. The van der Waals surface area contributed by atoms with Gasteiger partial charge in [-0.15, -0.1) is 0 Å². The van der Waals surface area contributed by atoms with E-state index in [4.69, 9.17) is 5.11 Å². The minimum absolute atomic E-state index is 0.0635. The number of methoxy groups -OCH3 is 1. The van der Waals surface area contributed by atoms with Gasteiger partial charge in [-0.1, -0.05) is 0 Å². The molecule has 0 radical (unpaired) electrons. The topological polar surface area (TPSA) is 101 Å². The molecule has 7 nitrogen and oxygen atoms in total. The van der Waals surface area contributed by atoms with Crippen molar-refractivity contribution in [2.45, 2.75) is 25.7 Å². The molecular weight excluding hydrogens is 274 g/mol. The number of aliphatic carboxylic acids is 1. The van der Waals surface area contributed by atoms with E-state index in [0.717, 1.165) is 4.31 Å². The third kappa shape index (κ3) is 4.79. The third-order valence-electron chi connectivity index (χ3n) is 3.31. The number of hydrogen-bond donors (Lipinski definition) is 1. The zero-order valence-corrected chi connectivity index (χ0v) is 11.9. The molecule has 0 heterocycles. The number of carboxylic acids is 1. The van der Waals surface area contributed by atoms with Gasteiger partial charge in [0.05, 0.1) is 25.7 Å². The van der Waals surface area contributed by atoms with Gasteiger partial charge >= 0.3 is 11.9 Å². The summed E-state index contributed by atoms with van der Waals surface area (Å²) in [7, 11) is -0.919. The summed E-state index contributed by atoms with van der Waals surface area (Å²) >= 11 is 0. The summed E-state index contributed by atoms with van der Waals surface area (Å²) in [5, 5.41) is 8.54. The molecule has 0 bridgehead atoms. The van der Waals surface area contributed by atoms with Gasteiger partial charge in [-0.3, -0.25) is 9.59 Å². The number of carboxylic acid groups (broad SMARTS) is 1. The maximum absolute atomic E-state index is 12.0. The molecule has 0 atom stereocenters. The SMILES string of the molecule is COC(=O)CC1(CS(=O)(=O)N(C)CCC(=O)O)CC1. The third-order valence-corrected chi connectivity index (χ3v) is 5.42. The van der Waals surface area contributed by atoms with Crippen LogP contribution in [0.1, 0.15) is 25.7 Å². The molecule has 0 aromatic rings. The van der Waals surface area contributed by atoms with Gasteiger partial charge in [-0.2, -0.15) is 0 Å². The second-order valence-corrected chi connectivity index (χ2v) is 7.05. The minimum atomic E-state index is -3.54. The highest BCUT2D eigenvalue weighted by atomic mass is 32.2. The maximum Gasteiger partial charge on any atom is 0.306 e. The van der Waals surface area contributed by atoms with E-state index >= 15 is 0 Å². The molecule has 0 aromatic carbocycles. The van der Waals surface area contributed by atoms with Crippen molar-refractivity contribution >= 4 is 22.0 Å². The molecule has 0 aliphatic heterocycles. The number of ether oxygens (including phenoxy) is 1.